The molecule has 1 aliphatic carbocycles. The Bertz CT molecular complexity index is 333. The molecule has 1 aliphatic rings. The third-order valence-corrected chi connectivity index (χ3v) is 2.61. The maximum Gasteiger partial charge on any atom is 0.133 e. The minimum atomic E-state index is 0.395. The second-order valence-electron chi connectivity index (χ2n) is 3.77. The topological polar surface area (TPSA) is 30.0 Å². The molecule has 2 nitrogen and oxygen atoms in total. The van der Waals surface area contributed by atoms with E-state index in [4.69, 9.17) is 0 Å². The van der Waals surface area contributed by atoms with Crippen molar-refractivity contribution in [1.29, 1.82) is 0 Å². The molecule has 0 aromatic carbocycles. The fourth-order valence-corrected chi connectivity index (χ4v) is 1.90. The summed E-state index contributed by atoms with van der Waals surface area (Å²) in [4.78, 5) is 15.2. The summed E-state index contributed by atoms with van der Waals surface area (Å²) in [5, 5.41) is 0. The van der Waals surface area contributed by atoms with Gasteiger partial charge in [0.15, 0.2) is 0 Å². The highest BCUT2D eigenvalue weighted by Gasteiger charge is 2.23. The lowest BCUT2D eigenvalue weighted by molar-refractivity contribution is -0.117. The summed E-state index contributed by atoms with van der Waals surface area (Å²) in [6, 6.07) is 2.14. The van der Waals surface area contributed by atoms with Crippen LogP contribution >= 0.6 is 0 Å². The van der Waals surface area contributed by atoms with Gasteiger partial charge < -0.3 is 0 Å². The van der Waals surface area contributed by atoms with E-state index in [0.717, 1.165) is 12.8 Å². The number of hydrogen-bond donors (Lipinski definition) is 0. The van der Waals surface area contributed by atoms with Crippen molar-refractivity contribution in [2.45, 2.75) is 32.1 Å². The SMILES string of the molecule is Cc1cncc(C2CCC(=O)C2)c1. The molecule has 0 aliphatic heterocycles. The van der Waals surface area contributed by atoms with E-state index >= 15 is 0 Å². The van der Waals surface area contributed by atoms with Crippen molar-refractivity contribution in [1.82, 2.24) is 4.98 Å². The fraction of sp³-hybridized carbons (Fsp3) is 0.455. The van der Waals surface area contributed by atoms with Gasteiger partial charge in [0.05, 0.1) is 0 Å². The average molecular weight is 175 g/mol. The lowest BCUT2D eigenvalue weighted by Crippen LogP contribution is -1.95. The first-order valence-corrected chi connectivity index (χ1v) is 4.69. The minimum absolute atomic E-state index is 0.395. The first kappa shape index (κ1) is 8.42. The maximum atomic E-state index is 11.1. The average Bonchev–Trinajstić information content (AvgIpc) is 2.52. The maximum absolute atomic E-state index is 11.1. The molecule has 0 spiro atoms. The van der Waals surface area contributed by atoms with Gasteiger partial charge >= 0.3 is 0 Å². The van der Waals surface area contributed by atoms with Crippen molar-refractivity contribution in [2.75, 3.05) is 0 Å². The Morgan fingerprint density at radius 2 is 2.31 bits per heavy atom. The molecule has 1 saturated carbocycles. The second-order valence-corrected chi connectivity index (χ2v) is 3.77. The Morgan fingerprint density at radius 3 is 2.92 bits per heavy atom. The monoisotopic (exact) mass is 175 g/mol. The standard InChI is InChI=1S/C11H13NO/c1-8-4-10(7-12-6-8)9-2-3-11(13)5-9/h4,6-7,9H,2-3,5H2,1H3. The Kier molecular flexibility index (Phi) is 2.13. The summed E-state index contributed by atoms with van der Waals surface area (Å²) in [5.74, 6) is 0.825. The zero-order chi connectivity index (χ0) is 9.26. The number of nitrogens with zero attached hydrogens (tertiary/aromatic N) is 1. The third-order valence-electron chi connectivity index (χ3n) is 2.61. The number of carbonyl (C=O) groups is 1. The van der Waals surface area contributed by atoms with E-state index < -0.39 is 0 Å². The lowest BCUT2D eigenvalue weighted by Gasteiger charge is -2.07. The molecule has 1 aromatic rings. The molecule has 0 amide bonds. The number of rotatable bonds is 1. The van der Waals surface area contributed by atoms with Crippen LogP contribution in [0.2, 0.25) is 0 Å². The summed E-state index contributed by atoms with van der Waals surface area (Å²) >= 11 is 0. The number of ketones is 1. The highest BCUT2D eigenvalue weighted by molar-refractivity contribution is 5.81. The summed E-state index contributed by atoms with van der Waals surface area (Å²) < 4.78 is 0. The van der Waals surface area contributed by atoms with E-state index in [9.17, 15) is 4.79 Å². The smallest absolute Gasteiger partial charge is 0.133 e. The molecular weight excluding hydrogens is 162 g/mol. The van der Waals surface area contributed by atoms with Crippen LogP contribution in [0, 0.1) is 6.92 Å². The van der Waals surface area contributed by atoms with Gasteiger partial charge in [-0.3, -0.25) is 9.78 Å². The Hall–Kier alpha value is -1.18. The molecule has 0 N–H and O–H groups in total. The van der Waals surface area contributed by atoms with Crippen molar-refractivity contribution >= 4 is 5.78 Å². The first-order chi connectivity index (χ1) is 6.25. The van der Waals surface area contributed by atoms with Crippen LogP contribution in [0.3, 0.4) is 0 Å². The first-order valence-electron chi connectivity index (χ1n) is 4.69. The van der Waals surface area contributed by atoms with Crippen molar-refractivity contribution < 1.29 is 4.79 Å². The number of aryl methyl sites for hydroxylation is 1. The van der Waals surface area contributed by atoms with Crippen LogP contribution < -0.4 is 0 Å². The third kappa shape index (κ3) is 1.77. The highest BCUT2D eigenvalue weighted by atomic mass is 16.1. The summed E-state index contributed by atoms with van der Waals surface area (Å²) in [7, 11) is 0. The number of Topliss-reactive ketones (excluding diaryl/α,β-unsaturated/α-hetero) is 1. The number of hydrogen-bond acceptors (Lipinski definition) is 2. The number of aromatic nitrogens is 1. The van der Waals surface area contributed by atoms with Crippen molar-refractivity contribution in [2.24, 2.45) is 0 Å². The van der Waals surface area contributed by atoms with Crippen LogP contribution in [-0.4, -0.2) is 10.8 Å². The molecule has 1 fully saturated rings. The summed E-state index contributed by atoms with van der Waals surface area (Å²) in [6.45, 7) is 2.03. The van der Waals surface area contributed by atoms with E-state index in [0.29, 0.717) is 18.1 Å². The van der Waals surface area contributed by atoms with Gasteiger partial charge in [0, 0.05) is 25.2 Å². The minimum Gasteiger partial charge on any atom is -0.300 e. The Morgan fingerprint density at radius 1 is 1.46 bits per heavy atom. The molecule has 1 atom stereocenters. The van der Waals surface area contributed by atoms with Crippen LogP contribution in [0.1, 0.15) is 36.3 Å². The number of pyridine rings is 1. The Balaban J connectivity index is 2.21. The van der Waals surface area contributed by atoms with Gasteiger partial charge in [-0.05, 0) is 30.4 Å². The van der Waals surface area contributed by atoms with E-state index in [2.05, 4.69) is 11.1 Å². The zero-order valence-corrected chi connectivity index (χ0v) is 7.79. The van der Waals surface area contributed by atoms with E-state index in [-0.39, 0.29) is 0 Å². The predicted molar refractivity (Wildman–Crippen MR) is 50.6 cm³/mol. The van der Waals surface area contributed by atoms with Crippen LogP contribution in [0.25, 0.3) is 0 Å². The van der Waals surface area contributed by atoms with Crippen molar-refractivity contribution in [3.8, 4) is 0 Å². The Labute approximate surface area is 78.0 Å². The van der Waals surface area contributed by atoms with Crippen LogP contribution in [0.5, 0.6) is 0 Å². The van der Waals surface area contributed by atoms with Crippen molar-refractivity contribution in [3.63, 3.8) is 0 Å². The summed E-state index contributed by atoms with van der Waals surface area (Å²) in [6.07, 6.45) is 6.20. The predicted octanol–water partition coefficient (Wildman–Crippen LogP) is 2.23. The van der Waals surface area contributed by atoms with Gasteiger partial charge in [0.25, 0.3) is 0 Å². The quantitative estimate of drug-likeness (QED) is 0.655. The molecule has 1 heterocycles. The van der Waals surface area contributed by atoms with Gasteiger partial charge in [0.2, 0.25) is 0 Å². The van der Waals surface area contributed by atoms with Gasteiger partial charge in [0.1, 0.15) is 5.78 Å². The molecule has 0 radical (unpaired) electrons. The van der Waals surface area contributed by atoms with Crippen molar-refractivity contribution in [3.05, 3.63) is 29.6 Å². The molecule has 2 rings (SSSR count). The van der Waals surface area contributed by atoms with Gasteiger partial charge in [-0.25, -0.2) is 0 Å². The van der Waals surface area contributed by atoms with E-state index in [1.54, 1.807) is 0 Å². The fourth-order valence-electron chi connectivity index (χ4n) is 1.90. The van der Waals surface area contributed by atoms with Gasteiger partial charge in [-0.15, -0.1) is 0 Å². The molecule has 1 aromatic heterocycles. The molecule has 1 unspecified atom stereocenters. The molecule has 2 heteroatoms. The molecule has 0 saturated heterocycles. The molecular formula is C11H13NO. The number of carbonyl (C=O) groups excluding carboxylic acids is 1. The van der Waals surface area contributed by atoms with Crippen LogP contribution in [0.15, 0.2) is 18.5 Å². The summed E-state index contributed by atoms with van der Waals surface area (Å²) in [5.41, 5.74) is 2.41. The molecule has 13 heavy (non-hydrogen) atoms. The lowest BCUT2D eigenvalue weighted by atomic mass is 9.98. The van der Waals surface area contributed by atoms with Gasteiger partial charge in [-0.1, -0.05) is 6.07 Å². The van der Waals surface area contributed by atoms with Gasteiger partial charge in [-0.2, -0.15) is 0 Å². The molecule has 0 bridgehead atoms. The van der Waals surface area contributed by atoms with E-state index in [1.807, 2.05) is 19.3 Å². The molecule has 68 valence electrons. The van der Waals surface area contributed by atoms with Crippen LogP contribution in [0.4, 0.5) is 0 Å². The highest BCUT2D eigenvalue weighted by Crippen LogP contribution is 2.31. The normalized spacial score (nSPS) is 22.2. The largest absolute Gasteiger partial charge is 0.300 e. The van der Waals surface area contributed by atoms with E-state index in [1.165, 1.54) is 11.1 Å². The van der Waals surface area contributed by atoms with Crippen LogP contribution in [-0.2, 0) is 4.79 Å². The second kappa shape index (κ2) is 3.29. The zero-order valence-electron chi connectivity index (χ0n) is 7.79.